The topological polar surface area (TPSA) is 113 Å². The molecule has 0 aromatic carbocycles. The highest BCUT2D eigenvalue weighted by Gasteiger charge is 2.33. The van der Waals surface area contributed by atoms with E-state index in [2.05, 4.69) is 15.0 Å². The van der Waals surface area contributed by atoms with Gasteiger partial charge in [0.1, 0.15) is 0 Å². The number of pyridine rings is 1. The first-order chi connectivity index (χ1) is 11.4. The second-order valence-electron chi connectivity index (χ2n) is 5.63. The van der Waals surface area contributed by atoms with Crippen molar-refractivity contribution in [2.45, 2.75) is 18.9 Å². The fourth-order valence-electron chi connectivity index (χ4n) is 2.81. The van der Waals surface area contributed by atoms with Crippen molar-refractivity contribution >= 4 is 16.0 Å². The Morgan fingerprint density at radius 1 is 1.25 bits per heavy atom. The number of carboxylic acids is 1. The lowest BCUT2D eigenvalue weighted by atomic mass is 10.1. The van der Waals surface area contributed by atoms with Crippen LogP contribution in [0.5, 0.6) is 0 Å². The van der Waals surface area contributed by atoms with E-state index in [4.69, 9.17) is 5.11 Å². The summed E-state index contributed by atoms with van der Waals surface area (Å²) < 4.78 is 25.2. The third-order valence-corrected chi connectivity index (χ3v) is 5.19. The fraction of sp³-hybridized carbons (Fsp3) is 0.333. The normalized spacial score (nSPS) is 18.6. The summed E-state index contributed by atoms with van der Waals surface area (Å²) in [6, 6.07) is 1.12. The van der Waals surface area contributed by atoms with Crippen LogP contribution in [0, 0.1) is 0 Å². The Balaban J connectivity index is 1.98. The predicted octanol–water partition coefficient (Wildman–Crippen LogP) is 1.33. The first-order valence-electron chi connectivity index (χ1n) is 7.34. The van der Waals surface area contributed by atoms with Crippen LogP contribution >= 0.6 is 0 Å². The van der Waals surface area contributed by atoms with Gasteiger partial charge >= 0.3 is 5.97 Å². The van der Waals surface area contributed by atoms with Gasteiger partial charge in [-0.1, -0.05) is 0 Å². The Morgan fingerprint density at radius 3 is 2.71 bits per heavy atom. The van der Waals surface area contributed by atoms with Crippen LogP contribution < -0.4 is 0 Å². The molecule has 24 heavy (non-hydrogen) atoms. The van der Waals surface area contributed by atoms with Gasteiger partial charge in [-0.3, -0.25) is 9.97 Å². The number of sulfonamides is 1. The molecule has 9 heteroatoms. The summed E-state index contributed by atoms with van der Waals surface area (Å²) in [6.07, 6.45) is 8.44. The van der Waals surface area contributed by atoms with Crippen LogP contribution in [0.15, 0.2) is 30.9 Å². The second-order valence-corrected chi connectivity index (χ2v) is 7.56. The summed E-state index contributed by atoms with van der Waals surface area (Å²) in [5.41, 5.74) is 1.59. The molecule has 1 atom stereocenters. The molecule has 0 radical (unpaired) electrons. The number of carbonyl (C=O) groups is 1. The quantitative estimate of drug-likeness (QED) is 0.886. The lowest BCUT2D eigenvalue weighted by Crippen LogP contribution is -2.30. The molecule has 1 aliphatic rings. The van der Waals surface area contributed by atoms with E-state index in [9.17, 15) is 13.2 Å². The molecular formula is C15H16N4O4S. The van der Waals surface area contributed by atoms with Crippen LogP contribution in [0.4, 0.5) is 0 Å². The van der Waals surface area contributed by atoms with Crippen molar-refractivity contribution in [1.29, 1.82) is 0 Å². The van der Waals surface area contributed by atoms with Crippen LogP contribution in [0.3, 0.4) is 0 Å². The standard InChI is InChI=1S/C15H16N4O4S/c1-24(22,23)19-4-2-3-14(19)13-9-17-8-12(18-13)10-5-11(15(20)21)7-16-6-10/h5-9,14H,2-4H2,1H3,(H,20,21)/t14-/m1/s1. The van der Waals surface area contributed by atoms with Crippen molar-refractivity contribution in [2.24, 2.45) is 0 Å². The number of hydrogen-bond acceptors (Lipinski definition) is 6. The van der Waals surface area contributed by atoms with Gasteiger partial charge in [-0.15, -0.1) is 0 Å². The van der Waals surface area contributed by atoms with Gasteiger partial charge in [0.25, 0.3) is 0 Å². The van der Waals surface area contributed by atoms with Crippen molar-refractivity contribution in [1.82, 2.24) is 19.3 Å². The summed E-state index contributed by atoms with van der Waals surface area (Å²) in [7, 11) is -3.32. The van der Waals surface area contributed by atoms with Gasteiger partial charge in [-0.05, 0) is 18.9 Å². The van der Waals surface area contributed by atoms with E-state index >= 15 is 0 Å². The average Bonchev–Trinajstić information content (AvgIpc) is 3.05. The lowest BCUT2D eigenvalue weighted by Gasteiger charge is -2.21. The van der Waals surface area contributed by atoms with Crippen molar-refractivity contribution in [3.05, 3.63) is 42.1 Å². The van der Waals surface area contributed by atoms with Crippen LogP contribution in [0.2, 0.25) is 0 Å². The van der Waals surface area contributed by atoms with Gasteiger partial charge in [-0.2, -0.15) is 4.31 Å². The number of aromatic carboxylic acids is 1. The smallest absolute Gasteiger partial charge is 0.337 e. The minimum atomic E-state index is -3.32. The van der Waals surface area contributed by atoms with Crippen LogP contribution in [0.25, 0.3) is 11.3 Å². The molecule has 1 aliphatic heterocycles. The van der Waals surface area contributed by atoms with Crippen molar-refractivity contribution in [3.63, 3.8) is 0 Å². The van der Waals surface area contributed by atoms with E-state index in [1.807, 2.05) is 0 Å². The largest absolute Gasteiger partial charge is 0.478 e. The Morgan fingerprint density at radius 2 is 2.00 bits per heavy atom. The fourth-order valence-corrected chi connectivity index (χ4v) is 3.95. The molecule has 1 saturated heterocycles. The van der Waals surface area contributed by atoms with Gasteiger partial charge in [0, 0.05) is 24.5 Å². The van der Waals surface area contributed by atoms with E-state index in [0.29, 0.717) is 29.9 Å². The van der Waals surface area contributed by atoms with Gasteiger partial charge in [-0.25, -0.2) is 18.2 Å². The molecule has 3 heterocycles. The molecule has 0 saturated carbocycles. The summed E-state index contributed by atoms with van der Waals surface area (Å²) in [6.45, 7) is 0.464. The summed E-state index contributed by atoms with van der Waals surface area (Å²) >= 11 is 0. The molecule has 0 bridgehead atoms. The molecule has 2 aromatic rings. The van der Waals surface area contributed by atoms with Gasteiger partial charge in [0.2, 0.25) is 10.0 Å². The van der Waals surface area contributed by atoms with Gasteiger partial charge in [0.05, 0.1) is 41.6 Å². The molecule has 1 fully saturated rings. The minimum absolute atomic E-state index is 0.0540. The van der Waals surface area contributed by atoms with Crippen LogP contribution in [-0.2, 0) is 10.0 Å². The van der Waals surface area contributed by atoms with Crippen molar-refractivity contribution < 1.29 is 18.3 Å². The van der Waals surface area contributed by atoms with Gasteiger partial charge in [0.15, 0.2) is 0 Å². The third kappa shape index (κ3) is 3.26. The highest BCUT2D eigenvalue weighted by Crippen LogP contribution is 2.33. The Bertz CT molecular complexity index is 885. The van der Waals surface area contributed by atoms with E-state index in [0.717, 1.165) is 6.42 Å². The highest BCUT2D eigenvalue weighted by molar-refractivity contribution is 7.88. The zero-order chi connectivity index (χ0) is 17.3. The molecule has 1 N–H and O–H groups in total. The third-order valence-electron chi connectivity index (χ3n) is 3.91. The first kappa shape index (κ1) is 16.5. The maximum atomic E-state index is 11.9. The SMILES string of the molecule is CS(=O)(=O)N1CCC[C@@H]1c1cncc(-c2cncc(C(=O)O)c2)n1. The lowest BCUT2D eigenvalue weighted by molar-refractivity contribution is 0.0696. The average molecular weight is 348 g/mol. The molecule has 8 nitrogen and oxygen atoms in total. The molecule has 0 amide bonds. The molecule has 0 aliphatic carbocycles. The monoisotopic (exact) mass is 348 g/mol. The summed E-state index contributed by atoms with van der Waals surface area (Å²) in [4.78, 5) is 23.6. The molecule has 2 aromatic heterocycles. The zero-order valence-corrected chi connectivity index (χ0v) is 13.8. The maximum Gasteiger partial charge on any atom is 0.337 e. The van der Waals surface area contributed by atoms with Crippen molar-refractivity contribution in [2.75, 3.05) is 12.8 Å². The van der Waals surface area contributed by atoms with E-state index < -0.39 is 16.0 Å². The van der Waals surface area contributed by atoms with Crippen LogP contribution in [0.1, 0.15) is 34.9 Å². The minimum Gasteiger partial charge on any atom is -0.478 e. The maximum absolute atomic E-state index is 11.9. The van der Waals surface area contributed by atoms with E-state index in [1.54, 1.807) is 6.20 Å². The van der Waals surface area contributed by atoms with E-state index in [1.165, 1.54) is 35.2 Å². The number of hydrogen-bond donors (Lipinski definition) is 1. The number of aromatic nitrogens is 3. The molecule has 3 rings (SSSR count). The number of nitrogens with zero attached hydrogens (tertiary/aromatic N) is 4. The highest BCUT2D eigenvalue weighted by atomic mass is 32.2. The molecule has 0 spiro atoms. The zero-order valence-electron chi connectivity index (χ0n) is 13.0. The van der Waals surface area contributed by atoms with Crippen molar-refractivity contribution in [3.8, 4) is 11.3 Å². The summed E-state index contributed by atoms with van der Waals surface area (Å²) in [5.74, 6) is -1.08. The molecular weight excluding hydrogens is 332 g/mol. The Kier molecular flexibility index (Phi) is 4.29. The second kappa shape index (κ2) is 6.25. The predicted molar refractivity (Wildman–Crippen MR) is 85.7 cm³/mol. The number of rotatable bonds is 4. The number of carboxylic acid groups (broad SMARTS) is 1. The Hall–Kier alpha value is -2.39. The molecule has 126 valence electrons. The molecule has 0 unspecified atom stereocenters. The van der Waals surface area contributed by atoms with E-state index in [-0.39, 0.29) is 11.6 Å². The van der Waals surface area contributed by atoms with Gasteiger partial charge < -0.3 is 5.11 Å². The Labute approximate surface area is 139 Å². The van der Waals surface area contributed by atoms with Crippen LogP contribution in [-0.4, -0.2) is 51.6 Å². The first-order valence-corrected chi connectivity index (χ1v) is 9.18. The summed E-state index contributed by atoms with van der Waals surface area (Å²) in [5, 5.41) is 9.06.